The number of benzene rings is 2. The zero-order valence-corrected chi connectivity index (χ0v) is 27.2. The minimum atomic E-state index is -1.44. The van der Waals surface area contributed by atoms with Crippen LogP contribution in [0.25, 0.3) is 0 Å². The molecule has 3 unspecified atom stereocenters. The molecule has 0 radical (unpaired) electrons. The molecule has 1 amide bonds. The van der Waals surface area contributed by atoms with Gasteiger partial charge < -0.3 is 25.1 Å². The molecule has 2 aromatic carbocycles. The van der Waals surface area contributed by atoms with E-state index in [1.165, 1.54) is 23.2 Å². The number of fused-ring (bicyclic) bond motifs is 1. The number of aliphatic hydroxyl groups is 1. The molecule has 4 aliphatic rings. The van der Waals surface area contributed by atoms with Gasteiger partial charge in [0.25, 0.3) is 0 Å². The van der Waals surface area contributed by atoms with Crippen LogP contribution in [0.2, 0.25) is 10.0 Å². The molecular formula is C35H37Cl2N3O7. The van der Waals surface area contributed by atoms with Crippen molar-refractivity contribution in [2.45, 2.75) is 50.2 Å². The van der Waals surface area contributed by atoms with E-state index in [4.69, 9.17) is 23.2 Å². The maximum atomic E-state index is 13.9. The Kier molecular flexibility index (Phi) is 9.75. The molecule has 2 aliphatic heterocycles. The number of aliphatic hydroxyl groups excluding tert-OH is 1. The summed E-state index contributed by atoms with van der Waals surface area (Å²) in [6.07, 6.45) is 4.51. The number of carbonyl (C=O) groups is 4. The van der Waals surface area contributed by atoms with Crippen molar-refractivity contribution in [2.24, 2.45) is 11.8 Å². The molecule has 0 aromatic heterocycles. The van der Waals surface area contributed by atoms with Gasteiger partial charge in [-0.05, 0) is 49.7 Å². The number of amides is 1. The van der Waals surface area contributed by atoms with E-state index < -0.39 is 17.9 Å². The van der Waals surface area contributed by atoms with Crippen molar-refractivity contribution >= 4 is 46.8 Å². The van der Waals surface area contributed by atoms with Crippen LogP contribution in [-0.4, -0.2) is 98.5 Å². The van der Waals surface area contributed by atoms with Gasteiger partial charge in [-0.25, -0.2) is 9.59 Å². The Morgan fingerprint density at radius 1 is 0.787 bits per heavy atom. The Balaban J connectivity index is 1.29. The first-order chi connectivity index (χ1) is 22.5. The minimum absolute atomic E-state index is 0.0161. The molecule has 2 heterocycles. The molecule has 3 N–H and O–H groups in total. The van der Waals surface area contributed by atoms with Gasteiger partial charge in [-0.15, -0.1) is 0 Å². The van der Waals surface area contributed by atoms with E-state index in [0.29, 0.717) is 49.6 Å². The van der Waals surface area contributed by atoms with Gasteiger partial charge in [0.1, 0.15) is 0 Å². The summed E-state index contributed by atoms with van der Waals surface area (Å²) in [5.41, 5.74) is -0.228. The zero-order valence-electron chi connectivity index (χ0n) is 25.7. The number of aliphatic carboxylic acids is 2. The third kappa shape index (κ3) is 6.83. The Hall–Kier alpha value is -3.70. The number of piperazine rings is 1. The second kappa shape index (κ2) is 13.8. The normalized spacial score (nSPS) is 26.3. The number of nitrogens with zero attached hydrogens (tertiary/aromatic N) is 3. The molecule has 3 fully saturated rings. The number of carboxylic acids is 2. The number of ketones is 1. The lowest BCUT2D eigenvalue weighted by molar-refractivity contribution is -0.133. The number of halogens is 2. The minimum Gasteiger partial charge on any atom is -0.478 e. The lowest BCUT2D eigenvalue weighted by atomic mass is 9.80. The maximum Gasteiger partial charge on any atom is 0.334 e. The predicted molar refractivity (Wildman–Crippen MR) is 175 cm³/mol. The number of rotatable bonds is 9. The molecule has 10 nitrogen and oxygen atoms in total. The number of carbonyl (C=O) groups excluding carboxylic acids is 2. The fraction of sp³-hybridized carbons (Fsp3) is 0.429. The summed E-state index contributed by atoms with van der Waals surface area (Å²) in [5.74, 6) is -3.84. The topological polar surface area (TPSA) is 139 Å². The zero-order chi connectivity index (χ0) is 33.4. The molecule has 12 heteroatoms. The van der Waals surface area contributed by atoms with Gasteiger partial charge in [0, 0.05) is 65.3 Å². The van der Waals surface area contributed by atoms with Gasteiger partial charge >= 0.3 is 11.9 Å². The van der Waals surface area contributed by atoms with Gasteiger partial charge in [-0.2, -0.15) is 0 Å². The first-order valence-corrected chi connectivity index (χ1v) is 16.7. The van der Waals surface area contributed by atoms with Crippen molar-refractivity contribution in [1.29, 1.82) is 0 Å². The molecule has 47 heavy (non-hydrogen) atoms. The fourth-order valence-corrected chi connectivity index (χ4v) is 8.57. The van der Waals surface area contributed by atoms with Crippen molar-refractivity contribution in [1.82, 2.24) is 14.7 Å². The van der Waals surface area contributed by atoms with Crippen molar-refractivity contribution in [3.63, 3.8) is 0 Å². The van der Waals surface area contributed by atoms with Crippen LogP contribution in [0.1, 0.15) is 53.9 Å². The van der Waals surface area contributed by atoms with Gasteiger partial charge in [-0.3, -0.25) is 14.5 Å². The second-order valence-corrected chi connectivity index (χ2v) is 13.7. The quantitative estimate of drug-likeness (QED) is 0.323. The lowest BCUT2D eigenvalue weighted by Gasteiger charge is -2.39. The van der Waals surface area contributed by atoms with E-state index in [1.807, 2.05) is 0 Å². The Morgan fingerprint density at radius 3 is 1.98 bits per heavy atom. The highest BCUT2D eigenvalue weighted by Gasteiger charge is 2.44. The van der Waals surface area contributed by atoms with Crippen molar-refractivity contribution in [3.8, 4) is 0 Å². The highest BCUT2D eigenvalue weighted by Crippen LogP contribution is 2.47. The van der Waals surface area contributed by atoms with Gasteiger partial charge in [-0.1, -0.05) is 59.6 Å². The average Bonchev–Trinajstić information content (AvgIpc) is 3.59. The number of carboxylic acid groups (broad SMARTS) is 2. The average molecular weight is 683 g/mol. The van der Waals surface area contributed by atoms with E-state index >= 15 is 0 Å². The van der Waals surface area contributed by atoms with Gasteiger partial charge in [0.05, 0.1) is 36.1 Å². The van der Waals surface area contributed by atoms with Crippen molar-refractivity contribution in [2.75, 3.05) is 32.7 Å². The predicted octanol–water partition coefficient (Wildman–Crippen LogP) is 4.67. The van der Waals surface area contributed by atoms with Crippen molar-refractivity contribution < 1.29 is 34.5 Å². The lowest BCUT2D eigenvalue weighted by Crippen LogP contribution is -2.52. The molecule has 6 rings (SSSR count). The van der Waals surface area contributed by atoms with Crippen LogP contribution in [0, 0.1) is 11.8 Å². The standard InChI is InChI=1S/C35H37Cl2N3O7/c36-26-7-4-8-27(37)32(26)31-25(34(44)45)18-40(19-29(42)20-5-2-1-3-6-20)28(33(31)35(46)47)17-30(43)39-11-9-38(10-12-39)23-13-21-15-24(41)16-22(21)14-23/h1-8,18,21-24,31,41H,9-17,19H2,(H,44,45)(H,46,47). The summed E-state index contributed by atoms with van der Waals surface area (Å²) in [4.78, 5) is 58.4. The number of Topliss-reactive ketones (excluding diaryl/α,β-unsaturated/α-hetero) is 1. The Bertz CT molecular complexity index is 1600. The Labute approximate surface area is 282 Å². The summed E-state index contributed by atoms with van der Waals surface area (Å²) in [6, 6.07) is 13.4. The van der Waals surface area contributed by atoms with E-state index in [2.05, 4.69) is 4.90 Å². The third-order valence-electron chi connectivity index (χ3n) is 10.2. The van der Waals surface area contributed by atoms with Crippen LogP contribution < -0.4 is 0 Å². The fourth-order valence-electron chi connectivity index (χ4n) is 7.96. The van der Waals surface area contributed by atoms with Crippen LogP contribution in [-0.2, 0) is 14.4 Å². The molecule has 2 saturated carbocycles. The number of hydrogen-bond donors (Lipinski definition) is 3. The third-order valence-corrected chi connectivity index (χ3v) is 10.9. The van der Waals surface area contributed by atoms with Gasteiger partial charge in [0.2, 0.25) is 5.91 Å². The molecule has 2 aliphatic carbocycles. The second-order valence-electron chi connectivity index (χ2n) is 12.9. The van der Waals surface area contributed by atoms with Crippen LogP contribution in [0.5, 0.6) is 0 Å². The highest BCUT2D eigenvalue weighted by atomic mass is 35.5. The first kappa shape index (κ1) is 33.2. The monoisotopic (exact) mass is 681 g/mol. The van der Waals surface area contributed by atoms with E-state index in [0.717, 1.165) is 25.7 Å². The SMILES string of the molecule is O=C(O)C1=CN(CC(=O)c2ccccc2)C(CC(=O)N2CCN(C3CC4CC(O)CC4C3)CC2)=C(C(=O)O)C1c1c(Cl)cccc1Cl. The molecule has 0 bridgehead atoms. The van der Waals surface area contributed by atoms with Crippen LogP contribution >= 0.6 is 23.2 Å². The molecular weight excluding hydrogens is 645 g/mol. The summed E-state index contributed by atoms with van der Waals surface area (Å²) in [5, 5.41) is 31.1. The van der Waals surface area contributed by atoms with E-state index in [1.54, 1.807) is 41.3 Å². The Morgan fingerprint density at radius 2 is 1.40 bits per heavy atom. The van der Waals surface area contributed by atoms with Crippen LogP contribution in [0.15, 0.2) is 71.6 Å². The number of hydrogen-bond acceptors (Lipinski definition) is 7. The largest absolute Gasteiger partial charge is 0.478 e. The van der Waals surface area contributed by atoms with Gasteiger partial charge in [0.15, 0.2) is 5.78 Å². The highest BCUT2D eigenvalue weighted by molar-refractivity contribution is 6.36. The summed E-state index contributed by atoms with van der Waals surface area (Å²) >= 11 is 13.0. The first-order valence-electron chi connectivity index (χ1n) is 15.9. The van der Waals surface area contributed by atoms with E-state index in [-0.39, 0.29) is 63.2 Å². The van der Waals surface area contributed by atoms with E-state index in [9.17, 15) is 34.5 Å². The maximum absolute atomic E-state index is 13.9. The molecule has 0 spiro atoms. The smallest absolute Gasteiger partial charge is 0.334 e. The summed E-state index contributed by atoms with van der Waals surface area (Å²) in [7, 11) is 0. The summed E-state index contributed by atoms with van der Waals surface area (Å²) in [6.45, 7) is 1.90. The molecule has 3 atom stereocenters. The van der Waals surface area contributed by atoms with Crippen LogP contribution in [0.3, 0.4) is 0 Å². The van der Waals surface area contributed by atoms with Crippen molar-refractivity contribution in [3.05, 3.63) is 92.7 Å². The molecule has 2 aromatic rings. The molecule has 1 saturated heterocycles. The van der Waals surface area contributed by atoms with Crippen LogP contribution in [0.4, 0.5) is 0 Å². The summed E-state index contributed by atoms with van der Waals surface area (Å²) < 4.78 is 0. The molecule has 248 valence electrons.